The minimum atomic E-state index is -4.50. The van der Waals surface area contributed by atoms with E-state index in [4.69, 9.17) is 5.73 Å². The van der Waals surface area contributed by atoms with Crippen molar-refractivity contribution in [1.29, 1.82) is 0 Å². The van der Waals surface area contributed by atoms with E-state index in [1.165, 1.54) is 18.6 Å². The third-order valence-electron chi connectivity index (χ3n) is 7.44. The molecule has 4 N–H and O–H groups in total. The summed E-state index contributed by atoms with van der Waals surface area (Å²) in [6.45, 7) is 0. The molecule has 0 aliphatic heterocycles. The van der Waals surface area contributed by atoms with Crippen molar-refractivity contribution in [3.05, 3.63) is 72.2 Å². The highest BCUT2D eigenvalue weighted by molar-refractivity contribution is 5.91. The van der Waals surface area contributed by atoms with Crippen LogP contribution in [0.4, 0.5) is 35.1 Å². The highest BCUT2D eigenvalue weighted by Crippen LogP contribution is 2.51. The molecule has 4 aromatic heterocycles. The van der Waals surface area contributed by atoms with E-state index in [-0.39, 0.29) is 42.0 Å². The maximum atomic E-state index is 15.0. The van der Waals surface area contributed by atoms with Crippen molar-refractivity contribution >= 4 is 28.6 Å². The summed E-state index contributed by atoms with van der Waals surface area (Å²) in [4.78, 5) is 21.4. The average molecular weight is 577 g/mol. The summed E-state index contributed by atoms with van der Waals surface area (Å²) in [5, 5.41) is 9.78. The standard InChI is InChI=1S/C28H24F4N10/c29-20-10-17(12-35-24(20)37-18-4-5-18)21-11-16(8-15-2-1-3-19(9-15)42-14-34-13-36-42)22-23(38-21)25(40-26(33)39-22)41-27(6-7-27)28(30,31)32/h1-3,9-14,18H,4-8H2,(H,35,37)(H3,33,39,40,41). The first kappa shape index (κ1) is 26.0. The van der Waals surface area contributed by atoms with Gasteiger partial charge in [0.2, 0.25) is 5.95 Å². The molecule has 4 heterocycles. The molecule has 14 heteroatoms. The van der Waals surface area contributed by atoms with Crippen molar-refractivity contribution < 1.29 is 17.6 Å². The third kappa shape index (κ3) is 4.92. The first-order valence-corrected chi connectivity index (χ1v) is 13.4. The molecule has 0 radical (unpaired) electrons. The van der Waals surface area contributed by atoms with Crippen LogP contribution in [-0.2, 0) is 6.42 Å². The van der Waals surface area contributed by atoms with E-state index in [1.807, 2.05) is 24.3 Å². The lowest BCUT2D eigenvalue weighted by Gasteiger charge is -2.22. The highest BCUT2D eigenvalue weighted by atomic mass is 19.4. The minimum absolute atomic E-state index is 0.0974. The number of aromatic nitrogens is 7. The number of rotatable bonds is 8. The van der Waals surface area contributed by atoms with Crippen LogP contribution in [0.5, 0.6) is 0 Å². The van der Waals surface area contributed by atoms with Crippen LogP contribution in [0.1, 0.15) is 36.8 Å². The van der Waals surface area contributed by atoms with Gasteiger partial charge < -0.3 is 16.4 Å². The van der Waals surface area contributed by atoms with E-state index in [9.17, 15) is 13.2 Å². The Hall–Kier alpha value is -4.88. The topological polar surface area (TPSA) is 132 Å². The lowest BCUT2D eigenvalue weighted by molar-refractivity contribution is -0.151. The second-order valence-electron chi connectivity index (χ2n) is 10.7. The van der Waals surface area contributed by atoms with Crippen LogP contribution in [0.15, 0.2) is 55.2 Å². The molecule has 7 rings (SSSR count). The summed E-state index contributed by atoms with van der Waals surface area (Å²) in [6.07, 6.45) is 2.00. The highest BCUT2D eigenvalue weighted by Gasteiger charge is 2.64. The monoisotopic (exact) mass is 576 g/mol. The molecule has 42 heavy (non-hydrogen) atoms. The fourth-order valence-corrected chi connectivity index (χ4v) is 4.86. The molecule has 2 aliphatic carbocycles. The zero-order chi connectivity index (χ0) is 29.1. The number of anilines is 3. The van der Waals surface area contributed by atoms with Crippen LogP contribution in [0, 0.1) is 5.82 Å². The molecule has 0 saturated heterocycles. The van der Waals surface area contributed by atoms with Crippen LogP contribution >= 0.6 is 0 Å². The van der Waals surface area contributed by atoms with Gasteiger partial charge in [0.25, 0.3) is 0 Å². The number of nitrogens with one attached hydrogen (secondary N) is 2. The van der Waals surface area contributed by atoms with E-state index in [0.29, 0.717) is 28.8 Å². The molecule has 2 fully saturated rings. The molecule has 0 amide bonds. The van der Waals surface area contributed by atoms with Gasteiger partial charge in [-0.25, -0.2) is 29.0 Å². The van der Waals surface area contributed by atoms with Crippen LogP contribution in [0.3, 0.4) is 0 Å². The fourth-order valence-electron chi connectivity index (χ4n) is 4.86. The summed E-state index contributed by atoms with van der Waals surface area (Å²) in [7, 11) is 0. The molecule has 10 nitrogen and oxygen atoms in total. The van der Waals surface area contributed by atoms with Crippen molar-refractivity contribution in [2.45, 2.75) is 49.9 Å². The van der Waals surface area contributed by atoms with E-state index in [2.05, 4.69) is 40.7 Å². The molecule has 214 valence electrons. The Labute approximate surface area is 236 Å². The average Bonchev–Trinajstić information content (AvgIpc) is 3.88. The van der Waals surface area contributed by atoms with Crippen LogP contribution < -0.4 is 16.4 Å². The Bertz CT molecular complexity index is 1800. The quantitative estimate of drug-likeness (QED) is 0.217. The zero-order valence-corrected chi connectivity index (χ0v) is 22.0. The van der Waals surface area contributed by atoms with Gasteiger partial charge in [-0.15, -0.1) is 0 Å². The number of nitrogen functional groups attached to an aromatic ring is 1. The SMILES string of the molecule is Nc1nc(NC2(C(F)(F)F)CC2)c2nc(-c3cnc(NC4CC4)c(F)c3)cc(Cc3cccc(-n4cncn4)c3)c2n1. The molecule has 0 atom stereocenters. The van der Waals surface area contributed by atoms with E-state index >= 15 is 4.39 Å². The Morgan fingerprint density at radius 1 is 1.02 bits per heavy atom. The van der Waals surface area contributed by atoms with Crippen LogP contribution in [0.2, 0.25) is 0 Å². The number of halogens is 4. The predicted octanol–water partition coefficient (Wildman–Crippen LogP) is 5.06. The number of hydrogen-bond acceptors (Lipinski definition) is 9. The van der Waals surface area contributed by atoms with Gasteiger partial charge in [0.1, 0.15) is 29.2 Å². The first-order chi connectivity index (χ1) is 20.2. The lowest BCUT2D eigenvalue weighted by Crippen LogP contribution is -2.39. The summed E-state index contributed by atoms with van der Waals surface area (Å²) in [6, 6.07) is 10.8. The third-order valence-corrected chi connectivity index (χ3v) is 7.44. The number of benzene rings is 1. The van der Waals surface area contributed by atoms with Gasteiger partial charge in [-0.1, -0.05) is 12.1 Å². The molecular weight excluding hydrogens is 552 g/mol. The number of pyridine rings is 2. The summed E-state index contributed by atoms with van der Waals surface area (Å²) >= 11 is 0. The Kier molecular flexibility index (Phi) is 5.95. The van der Waals surface area contributed by atoms with Crippen molar-refractivity contribution in [3.8, 4) is 16.9 Å². The molecule has 0 unspecified atom stereocenters. The normalized spacial score (nSPS) is 16.0. The van der Waals surface area contributed by atoms with Gasteiger partial charge in [0, 0.05) is 17.8 Å². The summed E-state index contributed by atoms with van der Waals surface area (Å²) in [5.74, 6) is -0.735. The van der Waals surface area contributed by atoms with Crippen molar-refractivity contribution in [1.82, 2.24) is 34.7 Å². The smallest absolute Gasteiger partial charge is 0.368 e. The van der Waals surface area contributed by atoms with E-state index in [1.54, 1.807) is 17.1 Å². The number of fused-ring (bicyclic) bond motifs is 1. The molecular formula is C28H24F4N10. The van der Waals surface area contributed by atoms with Crippen molar-refractivity contribution in [3.63, 3.8) is 0 Å². The molecule has 2 saturated carbocycles. The predicted molar refractivity (Wildman–Crippen MR) is 147 cm³/mol. The van der Waals surface area contributed by atoms with Crippen molar-refractivity contribution in [2.24, 2.45) is 0 Å². The summed E-state index contributed by atoms with van der Waals surface area (Å²) < 4.78 is 58.3. The maximum absolute atomic E-state index is 15.0. The minimum Gasteiger partial charge on any atom is -0.368 e. The number of alkyl halides is 3. The molecule has 5 aromatic rings. The fraction of sp³-hybridized carbons (Fsp3) is 0.286. The molecule has 0 spiro atoms. The number of nitrogens with two attached hydrogens (primary N) is 1. The molecule has 0 bridgehead atoms. The Morgan fingerprint density at radius 2 is 1.86 bits per heavy atom. The zero-order valence-electron chi connectivity index (χ0n) is 22.0. The molecule has 2 aliphatic rings. The summed E-state index contributed by atoms with van der Waals surface area (Å²) in [5.41, 5.74) is 7.17. The van der Waals surface area contributed by atoms with Gasteiger partial charge in [0.15, 0.2) is 17.5 Å². The van der Waals surface area contributed by atoms with E-state index < -0.39 is 17.5 Å². The lowest BCUT2D eigenvalue weighted by atomic mass is 10.0. The Balaban J connectivity index is 1.35. The van der Waals surface area contributed by atoms with Gasteiger partial charge in [-0.05, 0) is 67.5 Å². The van der Waals surface area contributed by atoms with E-state index in [0.717, 1.165) is 24.1 Å². The van der Waals surface area contributed by atoms with Crippen LogP contribution in [0.25, 0.3) is 28.0 Å². The van der Waals surface area contributed by atoms with Crippen LogP contribution in [-0.4, -0.2) is 52.5 Å². The van der Waals surface area contributed by atoms with Gasteiger partial charge in [-0.2, -0.15) is 23.3 Å². The first-order valence-electron chi connectivity index (χ1n) is 13.4. The number of nitrogens with zero attached hydrogens (tertiary/aromatic N) is 7. The molecule has 1 aromatic carbocycles. The Morgan fingerprint density at radius 3 is 2.55 bits per heavy atom. The second kappa shape index (κ2) is 9.60. The van der Waals surface area contributed by atoms with Crippen molar-refractivity contribution in [2.75, 3.05) is 16.4 Å². The number of hydrogen-bond donors (Lipinski definition) is 3. The second-order valence-corrected chi connectivity index (χ2v) is 10.7. The largest absolute Gasteiger partial charge is 0.411 e. The maximum Gasteiger partial charge on any atom is 0.411 e. The van der Waals surface area contributed by atoms with Gasteiger partial charge in [-0.3, -0.25) is 0 Å². The van der Waals surface area contributed by atoms with Gasteiger partial charge >= 0.3 is 6.18 Å². The van der Waals surface area contributed by atoms with Gasteiger partial charge in [0.05, 0.1) is 11.4 Å².